The van der Waals surface area contributed by atoms with E-state index < -0.39 is 0 Å². The van der Waals surface area contributed by atoms with Crippen LogP contribution in [0, 0.1) is 0 Å². The molecule has 0 aliphatic heterocycles. The first-order chi connectivity index (χ1) is 7.46. The van der Waals surface area contributed by atoms with Crippen molar-refractivity contribution in [1.29, 1.82) is 0 Å². The Bertz CT molecular complexity index is 381. The maximum absolute atomic E-state index is 5.60. The SMILES string of the molecule is COCC(C)(C)Nc1nnccc1C(N)=S. The van der Waals surface area contributed by atoms with Gasteiger partial charge in [0.2, 0.25) is 0 Å². The second kappa shape index (κ2) is 5.18. The van der Waals surface area contributed by atoms with Crippen LogP contribution in [-0.2, 0) is 4.74 Å². The summed E-state index contributed by atoms with van der Waals surface area (Å²) < 4.78 is 5.10. The third-order valence-electron chi connectivity index (χ3n) is 1.95. The van der Waals surface area contributed by atoms with E-state index >= 15 is 0 Å². The molecule has 1 rings (SSSR count). The van der Waals surface area contributed by atoms with Gasteiger partial charge >= 0.3 is 0 Å². The number of nitrogens with two attached hydrogens (primary N) is 1. The Morgan fingerprint density at radius 1 is 1.62 bits per heavy atom. The van der Waals surface area contributed by atoms with Gasteiger partial charge in [-0.3, -0.25) is 0 Å². The van der Waals surface area contributed by atoms with E-state index in [1.165, 1.54) is 0 Å². The number of anilines is 1. The number of nitrogens with one attached hydrogen (secondary N) is 1. The topological polar surface area (TPSA) is 73.1 Å². The van der Waals surface area contributed by atoms with Gasteiger partial charge in [-0.2, -0.15) is 5.10 Å². The van der Waals surface area contributed by atoms with Gasteiger partial charge in [-0.05, 0) is 19.9 Å². The van der Waals surface area contributed by atoms with Crippen molar-refractivity contribution in [2.75, 3.05) is 19.0 Å². The summed E-state index contributed by atoms with van der Waals surface area (Å²) in [5.41, 5.74) is 6.03. The monoisotopic (exact) mass is 240 g/mol. The van der Waals surface area contributed by atoms with Gasteiger partial charge in [0.15, 0.2) is 5.82 Å². The maximum atomic E-state index is 5.60. The van der Waals surface area contributed by atoms with Gasteiger partial charge in [0, 0.05) is 7.11 Å². The zero-order valence-corrected chi connectivity index (χ0v) is 10.5. The normalized spacial score (nSPS) is 11.2. The zero-order valence-electron chi connectivity index (χ0n) is 9.65. The van der Waals surface area contributed by atoms with Crippen molar-refractivity contribution in [2.45, 2.75) is 19.4 Å². The lowest BCUT2D eigenvalue weighted by molar-refractivity contribution is 0.158. The Balaban J connectivity index is 2.92. The molecule has 5 nitrogen and oxygen atoms in total. The molecule has 0 bridgehead atoms. The van der Waals surface area contributed by atoms with Gasteiger partial charge in [0.05, 0.1) is 23.9 Å². The van der Waals surface area contributed by atoms with Crippen LogP contribution in [0.3, 0.4) is 0 Å². The van der Waals surface area contributed by atoms with Crippen molar-refractivity contribution in [2.24, 2.45) is 5.73 Å². The predicted octanol–water partition coefficient (Wildman–Crippen LogP) is 0.948. The number of aromatic nitrogens is 2. The van der Waals surface area contributed by atoms with Gasteiger partial charge in [-0.1, -0.05) is 12.2 Å². The van der Waals surface area contributed by atoms with E-state index in [1.807, 2.05) is 13.8 Å². The summed E-state index contributed by atoms with van der Waals surface area (Å²) >= 11 is 4.94. The molecule has 0 aliphatic rings. The Hall–Kier alpha value is -1.27. The van der Waals surface area contributed by atoms with Crippen molar-refractivity contribution in [3.8, 4) is 0 Å². The number of hydrogen-bond donors (Lipinski definition) is 2. The summed E-state index contributed by atoms with van der Waals surface area (Å²) in [7, 11) is 1.65. The molecule has 0 aromatic carbocycles. The average Bonchev–Trinajstić information content (AvgIpc) is 2.17. The molecule has 16 heavy (non-hydrogen) atoms. The van der Waals surface area contributed by atoms with Crippen LogP contribution in [0.25, 0.3) is 0 Å². The first kappa shape index (κ1) is 12.8. The minimum Gasteiger partial charge on any atom is -0.389 e. The molecule has 0 radical (unpaired) electrons. The van der Waals surface area contributed by atoms with E-state index in [0.717, 1.165) is 0 Å². The van der Waals surface area contributed by atoms with Gasteiger partial charge in [0.1, 0.15) is 4.99 Å². The molecule has 1 heterocycles. The highest BCUT2D eigenvalue weighted by molar-refractivity contribution is 7.80. The van der Waals surface area contributed by atoms with Gasteiger partial charge in [-0.25, -0.2) is 0 Å². The maximum Gasteiger partial charge on any atom is 0.159 e. The van der Waals surface area contributed by atoms with E-state index in [2.05, 4.69) is 15.5 Å². The van der Waals surface area contributed by atoms with Crippen LogP contribution < -0.4 is 11.1 Å². The third-order valence-corrected chi connectivity index (χ3v) is 2.17. The highest BCUT2D eigenvalue weighted by Gasteiger charge is 2.20. The molecule has 0 amide bonds. The Morgan fingerprint density at radius 2 is 2.31 bits per heavy atom. The minimum atomic E-state index is -0.260. The molecule has 1 aromatic rings. The molecule has 0 aliphatic carbocycles. The molecule has 0 atom stereocenters. The van der Waals surface area contributed by atoms with E-state index in [4.69, 9.17) is 22.7 Å². The van der Waals surface area contributed by atoms with E-state index in [0.29, 0.717) is 23.0 Å². The van der Waals surface area contributed by atoms with Crippen LogP contribution in [0.15, 0.2) is 12.3 Å². The Kier molecular flexibility index (Phi) is 4.14. The number of ether oxygens (including phenoxy) is 1. The molecule has 0 fully saturated rings. The number of rotatable bonds is 5. The quantitative estimate of drug-likeness (QED) is 0.746. The largest absolute Gasteiger partial charge is 0.389 e. The highest BCUT2D eigenvalue weighted by atomic mass is 32.1. The summed E-state index contributed by atoms with van der Waals surface area (Å²) in [4.78, 5) is 0.297. The fourth-order valence-electron chi connectivity index (χ4n) is 1.34. The van der Waals surface area contributed by atoms with Gasteiger partial charge in [0.25, 0.3) is 0 Å². The molecule has 3 N–H and O–H groups in total. The molecule has 1 aromatic heterocycles. The third kappa shape index (κ3) is 3.39. The van der Waals surface area contributed by atoms with E-state index in [-0.39, 0.29) is 5.54 Å². The second-order valence-electron chi connectivity index (χ2n) is 4.10. The van der Waals surface area contributed by atoms with Crippen molar-refractivity contribution < 1.29 is 4.74 Å². The van der Waals surface area contributed by atoms with Gasteiger partial charge < -0.3 is 15.8 Å². The van der Waals surface area contributed by atoms with Crippen molar-refractivity contribution in [3.63, 3.8) is 0 Å². The van der Waals surface area contributed by atoms with Crippen LogP contribution in [0.4, 0.5) is 5.82 Å². The van der Waals surface area contributed by atoms with Gasteiger partial charge in [-0.15, -0.1) is 5.10 Å². The molecule has 0 saturated heterocycles. The highest BCUT2D eigenvalue weighted by Crippen LogP contribution is 2.16. The van der Waals surface area contributed by atoms with Crippen LogP contribution in [0.5, 0.6) is 0 Å². The fourth-order valence-corrected chi connectivity index (χ4v) is 1.51. The van der Waals surface area contributed by atoms with Crippen LogP contribution in [0.2, 0.25) is 0 Å². The van der Waals surface area contributed by atoms with Crippen molar-refractivity contribution in [1.82, 2.24) is 10.2 Å². The standard InChI is InChI=1S/C10H16N4OS/c1-10(2,6-15-3)13-9-7(8(11)16)4-5-12-14-9/h4-5H,6H2,1-3H3,(H2,11,16)(H,13,14). The Labute approximate surface area is 100 Å². The molecular weight excluding hydrogens is 224 g/mol. The first-order valence-corrected chi connectivity index (χ1v) is 5.26. The molecule has 88 valence electrons. The van der Waals surface area contributed by atoms with E-state index in [9.17, 15) is 0 Å². The van der Waals surface area contributed by atoms with Crippen LogP contribution >= 0.6 is 12.2 Å². The minimum absolute atomic E-state index is 0.260. The lowest BCUT2D eigenvalue weighted by Gasteiger charge is -2.26. The summed E-state index contributed by atoms with van der Waals surface area (Å²) in [6.07, 6.45) is 1.56. The van der Waals surface area contributed by atoms with Crippen molar-refractivity contribution in [3.05, 3.63) is 17.8 Å². The number of thiocarbonyl (C=S) groups is 1. The molecule has 0 saturated carbocycles. The summed E-state index contributed by atoms with van der Waals surface area (Å²) in [6.45, 7) is 4.53. The summed E-state index contributed by atoms with van der Waals surface area (Å²) in [5.74, 6) is 0.581. The lowest BCUT2D eigenvalue weighted by atomic mass is 10.1. The smallest absolute Gasteiger partial charge is 0.159 e. The second-order valence-corrected chi connectivity index (χ2v) is 4.54. The number of nitrogens with zero attached hydrogens (tertiary/aromatic N) is 2. The fraction of sp³-hybridized carbons (Fsp3) is 0.500. The van der Waals surface area contributed by atoms with Crippen LogP contribution in [-0.4, -0.2) is 34.4 Å². The Morgan fingerprint density at radius 3 is 2.88 bits per heavy atom. The zero-order chi connectivity index (χ0) is 12.2. The molecule has 0 unspecified atom stereocenters. The average molecular weight is 240 g/mol. The predicted molar refractivity (Wildman–Crippen MR) is 67.5 cm³/mol. The van der Waals surface area contributed by atoms with Crippen LogP contribution in [0.1, 0.15) is 19.4 Å². The summed E-state index contributed by atoms with van der Waals surface area (Å²) in [6, 6.07) is 1.74. The summed E-state index contributed by atoms with van der Waals surface area (Å²) in [5, 5.41) is 11.0. The van der Waals surface area contributed by atoms with Crippen molar-refractivity contribution >= 4 is 23.0 Å². The number of methoxy groups -OCH3 is 1. The molecular formula is C10H16N4OS. The first-order valence-electron chi connectivity index (χ1n) is 4.85. The number of hydrogen-bond acceptors (Lipinski definition) is 5. The van der Waals surface area contributed by atoms with E-state index in [1.54, 1.807) is 19.4 Å². The molecule has 6 heteroatoms. The molecule has 0 spiro atoms. The lowest BCUT2D eigenvalue weighted by Crippen LogP contribution is -2.37.